The molecule has 1 aliphatic heterocycles. The quantitative estimate of drug-likeness (QED) is 0.415. The van der Waals surface area contributed by atoms with Crippen LogP contribution in [0, 0.1) is 5.82 Å². The molecule has 0 radical (unpaired) electrons. The van der Waals surface area contributed by atoms with Gasteiger partial charge in [0.15, 0.2) is 0 Å². The zero-order chi connectivity index (χ0) is 20.1. The number of nitrogens with zero attached hydrogens (tertiary/aromatic N) is 3. The van der Waals surface area contributed by atoms with Gasteiger partial charge in [0.25, 0.3) is 5.56 Å². The molecule has 5 rings (SSSR count). The number of hydrogen-bond acceptors (Lipinski definition) is 6. The fourth-order valence-electron chi connectivity index (χ4n) is 3.84. The second-order valence-corrected chi connectivity index (χ2v) is 7.13. The number of hydroxylamine groups is 2. The summed E-state index contributed by atoms with van der Waals surface area (Å²) in [6.07, 6.45) is 0. The lowest BCUT2D eigenvalue weighted by molar-refractivity contribution is -0.0935. The van der Waals surface area contributed by atoms with Gasteiger partial charge in [0.1, 0.15) is 17.2 Å². The molecule has 4 aromatic rings. The summed E-state index contributed by atoms with van der Waals surface area (Å²) in [5, 5.41) is 11.0. The third kappa shape index (κ3) is 2.91. The molecule has 2 aromatic heterocycles. The monoisotopic (exact) mass is 394 g/mol. The molecule has 0 aliphatic carbocycles. The molecule has 0 saturated carbocycles. The van der Waals surface area contributed by atoms with E-state index in [1.54, 1.807) is 6.07 Å². The number of H-pyrrole nitrogens is 2. The van der Waals surface area contributed by atoms with Crippen LogP contribution in [0.1, 0.15) is 0 Å². The smallest absolute Gasteiger partial charge is 0.261 e. The number of anilines is 2. The Balaban J connectivity index is 1.61. The summed E-state index contributed by atoms with van der Waals surface area (Å²) in [5.41, 5.74) is 8.68. The summed E-state index contributed by atoms with van der Waals surface area (Å²) in [6.45, 7) is 2.56. The standard InChI is InChI=1S/C20H19FN6O2/c21-12-2-1-3-14-16(12)18(22)17(20(28)25-14)19-23-13-5-4-11(10-15(13)24-19)26-6-8-27(29)9-7-26/h1-5,10,29H,6-9H2,(H,23,24)(H3,22,25,28). The Labute approximate surface area is 164 Å². The van der Waals surface area contributed by atoms with E-state index in [2.05, 4.69) is 19.9 Å². The van der Waals surface area contributed by atoms with Crippen LogP contribution in [0.2, 0.25) is 0 Å². The lowest BCUT2D eigenvalue weighted by Gasteiger charge is -2.32. The van der Waals surface area contributed by atoms with Gasteiger partial charge in [-0.25, -0.2) is 9.37 Å². The molecule has 5 N–H and O–H groups in total. The van der Waals surface area contributed by atoms with Crippen LogP contribution in [0.3, 0.4) is 0 Å². The van der Waals surface area contributed by atoms with Crippen molar-refractivity contribution in [2.75, 3.05) is 36.8 Å². The lowest BCUT2D eigenvalue weighted by atomic mass is 10.1. The van der Waals surface area contributed by atoms with Crippen LogP contribution in [0.4, 0.5) is 15.8 Å². The van der Waals surface area contributed by atoms with Gasteiger partial charge < -0.3 is 25.8 Å². The van der Waals surface area contributed by atoms with E-state index in [9.17, 15) is 14.4 Å². The molecule has 1 fully saturated rings. The van der Waals surface area contributed by atoms with Crippen molar-refractivity contribution in [3.8, 4) is 11.4 Å². The fourth-order valence-corrected chi connectivity index (χ4v) is 3.84. The molecule has 0 unspecified atom stereocenters. The average molecular weight is 394 g/mol. The minimum absolute atomic E-state index is 0.0557. The minimum Gasteiger partial charge on any atom is -0.397 e. The molecule has 29 heavy (non-hydrogen) atoms. The Kier molecular flexibility index (Phi) is 4.00. The van der Waals surface area contributed by atoms with Crippen LogP contribution in [0.25, 0.3) is 33.3 Å². The first-order chi connectivity index (χ1) is 14.0. The first-order valence-electron chi connectivity index (χ1n) is 9.30. The van der Waals surface area contributed by atoms with Gasteiger partial charge in [-0.15, -0.1) is 0 Å². The molecule has 148 valence electrons. The summed E-state index contributed by atoms with van der Waals surface area (Å²) >= 11 is 0. The maximum absolute atomic E-state index is 14.3. The van der Waals surface area contributed by atoms with Crippen molar-refractivity contribution in [2.45, 2.75) is 0 Å². The van der Waals surface area contributed by atoms with E-state index >= 15 is 0 Å². The highest BCUT2D eigenvalue weighted by atomic mass is 19.1. The number of pyridine rings is 1. The second kappa shape index (κ2) is 6.57. The van der Waals surface area contributed by atoms with E-state index in [1.165, 1.54) is 17.2 Å². The first-order valence-corrected chi connectivity index (χ1v) is 9.30. The van der Waals surface area contributed by atoms with Crippen LogP contribution in [-0.4, -0.2) is 51.4 Å². The number of aromatic nitrogens is 3. The first kappa shape index (κ1) is 17.7. The lowest BCUT2D eigenvalue weighted by Crippen LogP contribution is -2.44. The van der Waals surface area contributed by atoms with Crippen LogP contribution in [0.15, 0.2) is 41.2 Å². The van der Waals surface area contributed by atoms with Crippen LogP contribution in [0.5, 0.6) is 0 Å². The molecule has 0 amide bonds. The Hall–Kier alpha value is -3.43. The van der Waals surface area contributed by atoms with Gasteiger partial charge in [-0.05, 0) is 30.3 Å². The van der Waals surface area contributed by atoms with Gasteiger partial charge in [-0.2, -0.15) is 5.06 Å². The molecule has 3 heterocycles. The predicted molar refractivity (Wildman–Crippen MR) is 110 cm³/mol. The highest BCUT2D eigenvalue weighted by molar-refractivity contribution is 5.98. The molecule has 2 aromatic carbocycles. The topological polar surface area (TPSA) is 114 Å². The van der Waals surface area contributed by atoms with E-state index in [0.29, 0.717) is 43.0 Å². The molecular weight excluding hydrogens is 375 g/mol. The van der Waals surface area contributed by atoms with Gasteiger partial charge in [0, 0.05) is 31.9 Å². The van der Waals surface area contributed by atoms with Gasteiger partial charge >= 0.3 is 0 Å². The molecule has 0 spiro atoms. The number of piperazine rings is 1. The highest BCUT2D eigenvalue weighted by Gasteiger charge is 2.19. The fraction of sp³-hybridized carbons (Fsp3) is 0.200. The predicted octanol–water partition coefficient (Wildman–Crippen LogP) is 2.30. The van der Waals surface area contributed by atoms with Crippen LogP contribution in [-0.2, 0) is 0 Å². The van der Waals surface area contributed by atoms with Crippen molar-refractivity contribution in [1.29, 1.82) is 0 Å². The summed E-state index contributed by atoms with van der Waals surface area (Å²) in [6, 6.07) is 10.2. The number of hydrogen-bond donors (Lipinski definition) is 4. The summed E-state index contributed by atoms with van der Waals surface area (Å²) < 4.78 is 14.3. The third-order valence-corrected chi connectivity index (χ3v) is 5.35. The maximum atomic E-state index is 14.3. The Morgan fingerprint density at radius 2 is 1.86 bits per heavy atom. The molecule has 0 bridgehead atoms. The zero-order valence-electron chi connectivity index (χ0n) is 15.4. The van der Waals surface area contributed by atoms with Crippen molar-refractivity contribution < 1.29 is 9.60 Å². The van der Waals surface area contributed by atoms with Gasteiger partial charge in [-0.3, -0.25) is 4.79 Å². The van der Waals surface area contributed by atoms with Gasteiger partial charge in [-0.1, -0.05) is 6.07 Å². The number of imidazole rings is 1. The molecule has 0 atom stereocenters. The number of benzene rings is 2. The van der Waals surface area contributed by atoms with Crippen molar-refractivity contribution in [3.05, 3.63) is 52.6 Å². The third-order valence-electron chi connectivity index (χ3n) is 5.35. The Bertz CT molecular complexity index is 1290. The van der Waals surface area contributed by atoms with E-state index < -0.39 is 11.4 Å². The van der Waals surface area contributed by atoms with E-state index in [4.69, 9.17) is 5.73 Å². The zero-order valence-corrected chi connectivity index (χ0v) is 15.4. The van der Waals surface area contributed by atoms with Crippen molar-refractivity contribution in [1.82, 2.24) is 20.0 Å². The number of aromatic amines is 2. The number of halogens is 1. The molecule has 9 heteroatoms. The van der Waals surface area contributed by atoms with Crippen LogP contribution >= 0.6 is 0 Å². The van der Waals surface area contributed by atoms with E-state index in [-0.39, 0.29) is 16.6 Å². The van der Waals surface area contributed by atoms with Crippen LogP contribution < -0.4 is 16.2 Å². The number of nitrogens with one attached hydrogen (secondary N) is 2. The Morgan fingerprint density at radius 3 is 2.66 bits per heavy atom. The normalized spacial score (nSPS) is 15.4. The van der Waals surface area contributed by atoms with E-state index in [1.807, 2.05) is 18.2 Å². The van der Waals surface area contributed by atoms with Crippen molar-refractivity contribution in [2.24, 2.45) is 0 Å². The molecular formula is C20H19FN6O2. The summed E-state index contributed by atoms with van der Waals surface area (Å²) in [5.74, 6) is -0.208. The number of nitrogen functional groups attached to an aromatic ring is 1. The number of rotatable bonds is 2. The SMILES string of the molecule is Nc1c(-c2nc3ccc(N4CCN(O)CC4)cc3[nH]2)c(=O)[nH]c2cccc(F)c12. The molecule has 1 aliphatic rings. The summed E-state index contributed by atoms with van der Waals surface area (Å²) in [7, 11) is 0. The van der Waals surface area contributed by atoms with Gasteiger partial charge in [0.05, 0.1) is 27.6 Å². The number of fused-ring (bicyclic) bond motifs is 2. The van der Waals surface area contributed by atoms with Crippen molar-refractivity contribution >= 4 is 33.3 Å². The average Bonchev–Trinajstić information content (AvgIpc) is 3.11. The second-order valence-electron chi connectivity index (χ2n) is 7.13. The van der Waals surface area contributed by atoms with Crippen molar-refractivity contribution in [3.63, 3.8) is 0 Å². The Morgan fingerprint density at radius 1 is 1.07 bits per heavy atom. The minimum atomic E-state index is -0.501. The number of nitrogens with two attached hydrogens (primary N) is 1. The van der Waals surface area contributed by atoms with E-state index in [0.717, 1.165) is 11.2 Å². The summed E-state index contributed by atoms with van der Waals surface area (Å²) in [4.78, 5) is 25.1. The highest BCUT2D eigenvalue weighted by Crippen LogP contribution is 2.30. The maximum Gasteiger partial charge on any atom is 0.261 e. The molecule has 1 saturated heterocycles. The molecule has 8 nitrogen and oxygen atoms in total. The largest absolute Gasteiger partial charge is 0.397 e. The van der Waals surface area contributed by atoms with Gasteiger partial charge in [0.2, 0.25) is 0 Å².